The zero-order chi connectivity index (χ0) is 18.4. The fourth-order valence-corrected chi connectivity index (χ4v) is 2.53. The standard InChI is InChI=1S/C19H22F2N2O2/c1-12(2)9-13(3)25-17-10-14(7-8-22-17)11-23-19(24)18-15(20)5-4-6-16(18)21/h4-8,10,12-13H,9,11H2,1-3H3,(H,23,24). The Hall–Kier alpha value is -2.50. The van der Waals surface area contributed by atoms with E-state index >= 15 is 0 Å². The largest absolute Gasteiger partial charge is 0.475 e. The quantitative estimate of drug-likeness (QED) is 0.819. The lowest BCUT2D eigenvalue weighted by Gasteiger charge is -2.16. The van der Waals surface area contributed by atoms with Crippen molar-refractivity contribution in [2.45, 2.75) is 39.8 Å². The predicted molar refractivity (Wildman–Crippen MR) is 91.3 cm³/mol. The van der Waals surface area contributed by atoms with Crippen molar-refractivity contribution < 1.29 is 18.3 Å². The third kappa shape index (κ3) is 5.52. The van der Waals surface area contributed by atoms with Gasteiger partial charge in [-0.2, -0.15) is 0 Å². The number of nitrogens with one attached hydrogen (secondary N) is 1. The summed E-state index contributed by atoms with van der Waals surface area (Å²) in [6.45, 7) is 6.31. The van der Waals surface area contributed by atoms with Crippen LogP contribution in [0.1, 0.15) is 43.1 Å². The number of halogens is 2. The van der Waals surface area contributed by atoms with Crippen LogP contribution in [-0.4, -0.2) is 17.0 Å². The molecule has 2 rings (SSSR count). The zero-order valence-corrected chi connectivity index (χ0v) is 14.6. The third-order valence-corrected chi connectivity index (χ3v) is 3.57. The van der Waals surface area contributed by atoms with E-state index in [2.05, 4.69) is 24.1 Å². The van der Waals surface area contributed by atoms with E-state index in [1.54, 1.807) is 18.3 Å². The summed E-state index contributed by atoms with van der Waals surface area (Å²) in [6, 6.07) is 6.72. The molecule has 0 fully saturated rings. The number of hydrogen-bond donors (Lipinski definition) is 1. The van der Waals surface area contributed by atoms with E-state index in [0.29, 0.717) is 11.8 Å². The molecule has 1 N–H and O–H groups in total. The highest BCUT2D eigenvalue weighted by Crippen LogP contribution is 2.16. The Balaban J connectivity index is 1.99. The van der Waals surface area contributed by atoms with E-state index < -0.39 is 23.1 Å². The molecule has 2 aromatic rings. The molecule has 1 heterocycles. The first-order valence-electron chi connectivity index (χ1n) is 8.20. The average Bonchev–Trinajstić information content (AvgIpc) is 2.52. The van der Waals surface area contributed by atoms with Crippen molar-refractivity contribution in [1.82, 2.24) is 10.3 Å². The summed E-state index contributed by atoms with van der Waals surface area (Å²) in [5, 5.41) is 2.51. The maximum absolute atomic E-state index is 13.6. The fourth-order valence-electron chi connectivity index (χ4n) is 2.53. The number of carbonyl (C=O) groups excluding carboxylic acids is 1. The molecule has 0 saturated heterocycles. The van der Waals surface area contributed by atoms with E-state index in [-0.39, 0.29) is 12.6 Å². The van der Waals surface area contributed by atoms with Gasteiger partial charge in [0.2, 0.25) is 5.88 Å². The third-order valence-electron chi connectivity index (χ3n) is 3.57. The van der Waals surface area contributed by atoms with E-state index in [1.165, 1.54) is 6.07 Å². The molecule has 1 aromatic carbocycles. The molecule has 134 valence electrons. The molecule has 4 nitrogen and oxygen atoms in total. The number of benzene rings is 1. The van der Waals surface area contributed by atoms with Crippen LogP contribution in [0.25, 0.3) is 0 Å². The molecule has 1 amide bonds. The lowest BCUT2D eigenvalue weighted by atomic mass is 10.1. The van der Waals surface area contributed by atoms with Crippen LogP contribution in [-0.2, 0) is 6.54 Å². The van der Waals surface area contributed by atoms with E-state index in [9.17, 15) is 13.6 Å². The fraction of sp³-hybridized carbons (Fsp3) is 0.368. The molecule has 1 aromatic heterocycles. The number of amides is 1. The van der Waals surface area contributed by atoms with Crippen molar-refractivity contribution in [3.63, 3.8) is 0 Å². The average molecular weight is 348 g/mol. The van der Waals surface area contributed by atoms with Crippen molar-refractivity contribution in [3.05, 3.63) is 59.3 Å². The van der Waals surface area contributed by atoms with Crippen LogP contribution in [0, 0.1) is 17.6 Å². The zero-order valence-electron chi connectivity index (χ0n) is 14.6. The van der Waals surface area contributed by atoms with Gasteiger partial charge in [0.25, 0.3) is 5.91 Å². The maximum Gasteiger partial charge on any atom is 0.257 e. The van der Waals surface area contributed by atoms with Gasteiger partial charge in [-0.3, -0.25) is 4.79 Å². The highest BCUT2D eigenvalue weighted by molar-refractivity contribution is 5.94. The van der Waals surface area contributed by atoms with Gasteiger partial charge in [0.15, 0.2) is 0 Å². The number of rotatable bonds is 7. The molecule has 0 aliphatic rings. The highest BCUT2D eigenvalue weighted by atomic mass is 19.1. The SMILES string of the molecule is CC(C)CC(C)Oc1cc(CNC(=O)c2c(F)cccc2F)ccn1. The number of ether oxygens (including phenoxy) is 1. The summed E-state index contributed by atoms with van der Waals surface area (Å²) >= 11 is 0. The second-order valence-electron chi connectivity index (χ2n) is 6.34. The first-order chi connectivity index (χ1) is 11.9. The number of nitrogens with zero attached hydrogens (tertiary/aromatic N) is 1. The minimum absolute atomic E-state index is 0.0184. The molecule has 6 heteroatoms. The maximum atomic E-state index is 13.6. The van der Waals surface area contributed by atoms with Crippen LogP contribution in [0.15, 0.2) is 36.5 Å². The topological polar surface area (TPSA) is 51.2 Å². The molecule has 0 aliphatic heterocycles. The molecule has 25 heavy (non-hydrogen) atoms. The van der Waals surface area contributed by atoms with Crippen molar-refractivity contribution in [1.29, 1.82) is 0 Å². The molecule has 0 bridgehead atoms. The number of pyridine rings is 1. The second kappa shape index (κ2) is 8.55. The van der Waals surface area contributed by atoms with Gasteiger partial charge in [0.05, 0.1) is 6.10 Å². The van der Waals surface area contributed by atoms with E-state index in [0.717, 1.165) is 24.1 Å². The Morgan fingerprint density at radius 3 is 2.52 bits per heavy atom. The van der Waals surface area contributed by atoms with Crippen LogP contribution in [0.2, 0.25) is 0 Å². The summed E-state index contributed by atoms with van der Waals surface area (Å²) in [6.07, 6.45) is 2.49. The molecule has 1 atom stereocenters. The summed E-state index contributed by atoms with van der Waals surface area (Å²) in [7, 11) is 0. The molecular weight excluding hydrogens is 326 g/mol. The van der Waals surface area contributed by atoms with Gasteiger partial charge in [0, 0.05) is 18.8 Å². The van der Waals surface area contributed by atoms with Gasteiger partial charge >= 0.3 is 0 Å². The summed E-state index contributed by atoms with van der Waals surface area (Å²) in [5.41, 5.74) is 0.144. The number of aromatic nitrogens is 1. The summed E-state index contributed by atoms with van der Waals surface area (Å²) in [5.74, 6) is -1.62. The predicted octanol–water partition coefficient (Wildman–Crippen LogP) is 4.10. The first-order valence-corrected chi connectivity index (χ1v) is 8.20. The molecular formula is C19H22F2N2O2. The van der Waals surface area contributed by atoms with Crippen molar-refractivity contribution in [2.24, 2.45) is 5.92 Å². The summed E-state index contributed by atoms with van der Waals surface area (Å²) < 4.78 is 33.0. The number of hydrogen-bond acceptors (Lipinski definition) is 3. The smallest absolute Gasteiger partial charge is 0.257 e. The van der Waals surface area contributed by atoms with Crippen molar-refractivity contribution >= 4 is 5.91 Å². The van der Waals surface area contributed by atoms with Gasteiger partial charge in [-0.15, -0.1) is 0 Å². The molecule has 0 aliphatic carbocycles. The van der Waals surface area contributed by atoms with Gasteiger partial charge < -0.3 is 10.1 Å². The van der Waals surface area contributed by atoms with E-state index in [4.69, 9.17) is 4.74 Å². The second-order valence-corrected chi connectivity index (χ2v) is 6.34. The Morgan fingerprint density at radius 2 is 1.88 bits per heavy atom. The molecule has 1 unspecified atom stereocenters. The van der Waals surface area contributed by atoms with Gasteiger partial charge in [0.1, 0.15) is 17.2 Å². The highest BCUT2D eigenvalue weighted by Gasteiger charge is 2.16. The van der Waals surface area contributed by atoms with Crippen molar-refractivity contribution in [3.8, 4) is 5.88 Å². The van der Waals surface area contributed by atoms with Crippen LogP contribution in [0.4, 0.5) is 8.78 Å². The van der Waals surface area contributed by atoms with Gasteiger partial charge in [-0.05, 0) is 43.0 Å². The molecule has 0 spiro atoms. The Bertz CT molecular complexity index is 715. The minimum Gasteiger partial charge on any atom is -0.475 e. The Kier molecular flexibility index (Phi) is 6.44. The van der Waals surface area contributed by atoms with E-state index in [1.807, 2.05) is 6.92 Å². The molecule has 0 radical (unpaired) electrons. The Morgan fingerprint density at radius 1 is 1.20 bits per heavy atom. The van der Waals surface area contributed by atoms with Crippen LogP contribution in [0.5, 0.6) is 5.88 Å². The minimum atomic E-state index is -0.890. The van der Waals surface area contributed by atoms with Crippen LogP contribution >= 0.6 is 0 Å². The van der Waals surface area contributed by atoms with Crippen molar-refractivity contribution in [2.75, 3.05) is 0 Å². The van der Waals surface area contributed by atoms with Crippen LogP contribution < -0.4 is 10.1 Å². The first kappa shape index (κ1) is 18.8. The lowest BCUT2D eigenvalue weighted by molar-refractivity contribution is 0.0942. The monoisotopic (exact) mass is 348 g/mol. The number of carbonyl (C=O) groups is 1. The Labute approximate surface area is 146 Å². The van der Waals surface area contributed by atoms with Gasteiger partial charge in [-0.1, -0.05) is 19.9 Å². The van der Waals surface area contributed by atoms with Gasteiger partial charge in [-0.25, -0.2) is 13.8 Å². The lowest BCUT2D eigenvalue weighted by Crippen LogP contribution is -2.25. The summed E-state index contributed by atoms with van der Waals surface area (Å²) in [4.78, 5) is 16.2. The molecule has 0 saturated carbocycles. The van der Waals surface area contributed by atoms with Crippen LogP contribution in [0.3, 0.4) is 0 Å². The normalized spacial score (nSPS) is 12.1.